The number of rotatable bonds is 4. The Kier molecular flexibility index (Phi) is 6.70. The molecule has 2 heterocycles. The van der Waals surface area contributed by atoms with Crippen LogP contribution in [0.1, 0.15) is 42.3 Å². The molecule has 4 rings (SSSR count). The molecule has 0 aliphatic carbocycles. The Morgan fingerprint density at radius 2 is 1.62 bits per heavy atom. The zero-order valence-corrected chi connectivity index (χ0v) is 19.8. The largest absolute Gasteiger partial charge is 0.444 e. The lowest BCUT2D eigenvalue weighted by atomic mass is 9.96. The highest BCUT2D eigenvalue weighted by molar-refractivity contribution is 6.31. The van der Waals surface area contributed by atoms with E-state index in [0.717, 1.165) is 30.9 Å². The number of carbonyl (C=O) groups excluding carboxylic acids is 3. The number of nitrogens with one attached hydrogen (secondary N) is 2. The lowest BCUT2D eigenvalue weighted by Gasteiger charge is -2.35. The quantitative estimate of drug-likeness (QED) is 0.534. The van der Waals surface area contributed by atoms with E-state index in [1.54, 1.807) is 35.4 Å². The fourth-order valence-electron chi connectivity index (χ4n) is 3.95. The van der Waals surface area contributed by atoms with Gasteiger partial charge < -0.3 is 15.0 Å². The van der Waals surface area contributed by atoms with Gasteiger partial charge in [-0.25, -0.2) is 4.79 Å². The van der Waals surface area contributed by atoms with Crippen molar-refractivity contribution in [2.24, 2.45) is 0 Å². The molecule has 0 saturated carbocycles. The second-order valence-electron chi connectivity index (χ2n) is 9.47. The number of nitrogens with zero attached hydrogens (tertiary/aromatic N) is 2. The van der Waals surface area contributed by atoms with Crippen LogP contribution < -0.4 is 10.6 Å². The first-order chi connectivity index (χ1) is 16.2. The van der Waals surface area contributed by atoms with E-state index in [0.29, 0.717) is 29.8 Å². The molecule has 2 aromatic rings. The van der Waals surface area contributed by atoms with Crippen molar-refractivity contribution in [2.45, 2.75) is 32.9 Å². The van der Waals surface area contributed by atoms with Gasteiger partial charge in [-0.15, -0.1) is 0 Å². The Morgan fingerprint density at radius 1 is 0.971 bits per heavy atom. The molecule has 0 atom stereocenters. The number of ether oxygens (including phenoxy) is 1. The fraction of sp³-hybridized carbons (Fsp3) is 0.346. The summed E-state index contributed by atoms with van der Waals surface area (Å²) in [5.74, 6) is -0.799. The summed E-state index contributed by atoms with van der Waals surface area (Å²) < 4.78 is 5.46. The first kappa shape index (κ1) is 23.5. The third-order valence-corrected chi connectivity index (χ3v) is 5.70. The van der Waals surface area contributed by atoms with Gasteiger partial charge in [0.15, 0.2) is 0 Å². The maximum absolute atomic E-state index is 12.3. The molecule has 2 aromatic carbocycles. The first-order valence-electron chi connectivity index (χ1n) is 11.4. The van der Waals surface area contributed by atoms with Crippen molar-refractivity contribution >= 4 is 29.2 Å². The minimum absolute atomic E-state index is 0.254. The molecule has 0 aromatic heterocycles. The molecular formula is C26H30N4O4. The summed E-state index contributed by atoms with van der Waals surface area (Å²) >= 11 is 0. The van der Waals surface area contributed by atoms with Crippen LogP contribution in [-0.2, 0) is 16.1 Å². The van der Waals surface area contributed by atoms with Crippen LogP contribution in [-0.4, -0.2) is 59.5 Å². The van der Waals surface area contributed by atoms with Gasteiger partial charge in [0.2, 0.25) is 0 Å². The van der Waals surface area contributed by atoms with Crippen molar-refractivity contribution in [1.29, 1.82) is 0 Å². The van der Waals surface area contributed by atoms with E-state index in [4.69, 9.17) is 4.74 Å². The third-order valence-electron chi connectivity index (χ3n) is 5.70. The average Bonchev–Trinajstić information content (AvgIpc) is 2.79. The van der Waals surface area contributed by atoms with Gasteiger partial charge in [0.05, 0.1) is 5.57 Å². The Balaban J connectivity index is 1.32. The number of benzene rings is 2. The summed E-state index contributed by atoms with van der Waals surface area (Å²) in [6, 6.07) is 15.1. The number of carbonyl (C=O) groups is 3. The van der Waals surface area contributed by atoms with E-state index in [1.807, 2.05) is 45.0 Å². The van der Waals surface area contributed by atoms with E-state index in [9.17, 15) is 14.4 Å². The molecule has 8 heteroatoms. The van der Waals surface area contributed by atoms with Crippen LogP contribution in [0.4, 0.5) is 10.5 Å². The highest BCUT2D eigenvalue weighted by Crippen LogP contribution is 2.24. The molecule has 1 saturated heterocycles. The molecule has 8 nitrogen and oxygen atoms in total. The van der Waals surface area contributed by atoms with Gasteiger partial charge in [-0.05, 0) is 44.5 Å². The maximum Gasteiger partial charge on any atom is 0.410 e. The molecule has 3 amide bonds. The number of imide groups is 1. The first-order valence-corrected chi connectivity index (χ1v) is 11.4. The summed E-state index contributed by atoms with van der Waals surface area (Å²) in [7, 11) is 0. The SMILES string of the molecule is CC(C)(C)OC(=O)N1CCN(Cc2ccc(N/C=C3\C(=O)NC(=O)c4ccccc43)cc2)CC1. The summed E-state index contributed by atoms with van der Waals surface area (Å²) in [5.41, 5.74) is 3.04. The summed E-state index contributed by atoms with van der Waals surface area (Å²) in [4.78, 5) is 40.6. The topological polar surface area (TPSA) is 91.0 Å². The summed E-state index contributed by atoms with van der Waals surface area (Å²) in [6.07, 6.45) is 1.38. The molecule has 34 heavy (non-hydrogen) atoms. The van der Waals surface area contributed by atoms with Crippen molar-refractivity contribution in [2.75, 3.05) is 31.5 Å². The maximum atomic E-state index is 12.3. The van der Waals surface area contributed by atoms with Crippen LogP contribution in [0.5, 0.6) is 0 Å². The van der Waals surface area contributed by atoms with Crippen LogP contribution in [0.15, 0.2) is 54.7 Å². The number of hydrogen-bond donors (Lipinski definition) is 2. The lowest BCUT2D eigenvalue weighted by molar-refractivity contribution is -0.114. The highest BCUT2D eigenvalue weighted by Gasteiger charge is 2.27. The molecule has 0 spiro atoms. The summed E-state index contributed by atoms with van der Waals surface area (Å²) in [6.45, 7) is 9.29. The van der Waals surface area contributed by atoms with Gasteiger partial charge in [-0.1, -0.05) is 30.3 Å². The van der Waals surface area contributed by atoms with Crippen molar-refractivity contribution < 1.29 is 19.1 Å². The smallest absolute Gasteiger partial charge is 0.410 e. The van der Waals surface area contributed by atoms with E-state index in [1.165, 1.54) is 0 Å². The van der Waals surface area contributed by atoms with Crippen molar-refractivity contribution in [3.8, 4) is 0 Å². The zero-order chi connectivity index (χ0) is 24.3. The standard InChI is InChI=1S/C26H30N4O4/c1-26(2,3)34-25(33)30-14-12-29(13-15-30)17-18-8-10-19(11-9-18)27-16-22-20-6-4-5-7-21(20)23(31)28-24(22)32/h4-11,16,27H,12-15,17H2,1-3H3,(H,28,31,32)/b22-16-. The minimum Gasteiger partial charge on any atom is -0.444 e. The van der Waals surface area contributed by atoms with Crippen molar-refractivity contribution in [3.63, 3.8) is 0 Å². The van der Waals surface area contributed by atoms with Crippen LogP contribution in [0.2, 0.25) is 0 Å². The fourth-order valence-corrected chi connectivity index (χ4v) is 3.95. The van der Waals surface area contributed by atoms with E-state index in [-0.39, 0.29) is 12.0 Å². The van der Waals surface area contributed by atoms with Crippen LogP contribution >= 0.6 is 0 Å². The second kappa shape index (κ2) is 9.69. The lowest BCUT2D eigenvalue weighted by Crippen LogP contribution is -2.49. The molecular weight excluding hydrogens is 432 g/mol. The zero-order valence-electron chi connectivity index (χ0n) is 19.8. The molecule has 0 bridgehead atoms. The monoisotopic (exact) mass is 462 g/mol. The number of piperazine rings is 1. The van der Waals surface area contributed by atoms with Crippen molar-refractivity contribution in [3.05, 3.63) is 71.4 Å². The van der Waals surface area contributed by atoms with Gasteiger partial charge >= 0.3 is 6.09 Å². The molecule has 1 fully saturated rings. The molecule has 2 N–H and O–H groups in total. The Hall–Kier alpha value is -3.65. The van der Waals surface area contributed by atoms with Crippen molar-refractivity contribution in [1.82, 2.24) is 15.1 Å². The number of hydrogen-bond acceptors (Lipinski definition) is 6. The number of anilines is 1. The minimum atomic E-state index is -0.485. The normalized spacial score (nSPS) is 17.9. The van der Waals surface area contributed by atoms with Gasteiger partial charge in [0.25, 0.3) is 11.8 Å². The van der Waals surface area contributed by atoms with Gasteiger partial charge in [0, 0.05) is 55.7 Å². The van der Waals surface area contributed by atoms with Gasteiger partial charge in [-0.3, -0.25) is 19.8 Å². The molecule has 178 valence electrons. The highest BCUT2D eigenvalue weighted by atomic mass is 16.6. The van der Waals surface area contributed by atoms with E-state index < -0.39 is 11.5 Å². The second-order valence-corrected chi connectivity index (χ2v) is 9.47. The van der Waals surface area contributed by atoms with E-state index >= 15 is 0 Å². The predicted octanol–water partition coefficient (Wildman–Crippen LogP) is 3.46. The van der Waals surface area contributed by atoms with Gasteiger partial charge in [-0.2, -0.15) is 0 Å². The Bertz CT molecular complexity index is 1110. The molecule has 2 aliphatic heterocycles. The van der Waals surface area contributed by atoms with Crippen LogP contribution in [0.25, 0.3) is 5.57 Å². The van der Waals surface area contributed by atoms with Crippen LogP contribution in [0, 0.1) is 0 Å². The van der Waals surface area contributed by atoms with Crippen LogP contribution in [0.3, 0.4) is 0 Å². The summed E-state index contributed by atoms with van der Waals surface area (Å²) in [5, 5.41) is 5.54. The average molecular weight is 463 g/mol. The van der Waals surface area contributed by atoms with Gasteiger partial charge in [0.1, 0.15) is 5.60 Å². The predicted molar refractivity (Wildman–Crippen MR) is 130 cm³/mol. The number of amides is 3. The third kappa shape index (κ3) is 5.63. The Morgan fingerprint density at radius 3 is 2.26 bits per heavy atom. The molecule has 0 radical (unpaired) electrons. The van der Waals surface area contributed by atoms with E-state index in [2.05, 4.69) is 15.5 Å². The molecule has 0 unspecified atom stereocenters. The Labute approximate surface area is 199 Å². The molecule has 2 aliphatic rings. The number of fused-ring (bicyclic) bond motifs is 1.